The summed E-state index contributed by atoms with van der Waals surface area (Å²) in [5, 5.41) is 9.76. The third-order valence-electron chi connectivity index (χ3n) is 3.24. The van der Waals surface area contributed by atoms with E-state index in [1.807, 2.05) is 59.3 Å². The van der Waals surface area contributed by atoms with Crippen molar-refractivity contribution >= 4 is 0 Å². The number of aliphatic hydroxyl groups excluding tert-OH is 1. The van der Waals surface area contributed by atoms with E-state index in [-0.39, 0.29) is 0 Å². The molecule has 1 heterocycles. The van der Waals surface area contributed by atoms with E-state index in [0.717, 1.165) is 17.0 Å². The second-order valence-electron chi connectivity index (χ2n) is 4.78. The zero-order chi connectivity index (χ0) is 14.7. The molecule has 4 heteroatoms. The largest absolute Gasteiger partial charge is 0.457 e. The second-order valence-corrected chi connectivity index (χ2v) is 4.78. The highest BCUT2D eigenvalue weighted by atomic mass is 16.5. The van der Waals surface area contributed by atoms with E-state index in [1.54, 1.807) is 19.4 Å². The minimum Gasteiger partial charge on any atom is -0.457 e. The van der Waals surface area contributed by atoms with Crippen molar-refractivity contribution in [1.82, 2.24) is 9.55 Å². The maximum Gasteiger partial charge on any atom is 0.133 e. The molecule has 3 rings (SSSR count). The van der Waals surface area contributed by atoms with Gasteiger partial charge in [0.1, 0.15) is 11.5 Å². The molecule has 0 saturated carbocycles. The molecule has 0 bridgehead atoms. The summed E-state index contributed by atoms with van der Waals surface area (Å²) >= 11 is 0. The standard InChI is InChI=1S/C17H16N2O2/c1-13(20)16-4-2-3-5-17(16)21-15-8-6-14(7-9-15)19-11-10-18-12-19/h2-13,20H,1H3. The van der Waals surface area contributed by atoms with Crippen LogP contribution in [0, 0.1) is 0 Å². The van der Waals surface area contributed by atoms with E-state index in [1.165, 1.54) is 0 Å². The zero-order valence-electron chi connectivity index (χ0n) is 11.7. The van der Waals surface area contributed by atoms with Crippen molar-refractivity contribution in [1.29, 1.82) is 0 Å². The third-order valence-corrected chi connectivity index (χ3v) is 3.24. The summed E-state index contributed by atoms with van der Waals surface area (Å²) in [6.07, 6.45) is 4.81. The van der Waals surface area contributed by atoms with Gasteiger partial charge in [-0.1, -0.05) is 18.2 Å². The van der Waals surface area contributed by atoms with Crippen LogP contribution in [0.5, 0.6) is 11.5 Å². The van der Waals surface area contributed by atoms with E-state index >= 15 is 0 Å². The van der Waals surface area contributed by atoms with Crippen molar-refractivity contribution in [2.75, 3.05) is 0 Å². The van der Waals surface area contributed by atoms with E-state index in [9.17, 15) is 5.11 Å². The van der Waals surface area contributed by atoms with Crippen LogP contribution in [0.4, 0.5) is 0 Å². The average molecular weight is 280 g/mol. The highest BCUT2D eigenvalue weighted by molar-refractivity contribution is 5.42. The topological polar surface area (TPSA) is 47.3 Å². The Morgan fingerprint density at radius 3 is 2.52 bits per heavy atom. The number of benzene rings is 2. The molecule has 0 fully saturated rings. The molecule has 106 valence electrons. The Kier molecular flexibility index (Phi) is 3.71. The monoisotopic (exact) mass is 280 g/mol. The molecule has 0 spiro atoms. The fourth-order valence-corrected chi connectivity index (χ4v) is 2.14. The molecule has 1 unspecified atom stereocenters. The van der Waals surface area contributed by atoms with Gasteiger partial charge < -0.3 is 14.4 Å². The minimum atomic E-state index is -0.563. The Bertz CT molecular complexity index is 704. The average Bonchev–Trinajstić information content (AvgIpc) is 3.03. The molecule has 0 amide bonds. The quantitative estimate of drug-likeness (QED) is 0.792. The molecule has 0 aliphatic carbocycles. The van der Waals surface area contributed by atoms with Crippen LogP contribution in [-0.2, 0) is 0 Å². The van der Waals surface area contributed by atoms with Gasteiger partial charge in [-0.2, -0.15) is 0 Å². The molecule has 1 atom stereocenters. The van der Waals surface area contributed by atoms with E-state index in [0.29, 0.717) is 5.75 Å². The predicted molar refractivity (Wildman–Crippen MR) is 80.7 cm³/mol. The van der Waals surface area contributed by atoms with Crippen LogP contribution in [0.1, 0.15) is 18.6 Å². The van der Waals surface area contributed by atoms with Crippen molar-refractivity contribution in [2.24, 2.45) is 0 Å². The van der Waals surface area contributed by atoms with E-state index in [4.69, 9.17) is 4.74 Å². The number of hydrogen-bond donors (Lipinski definition) is 1. The molecule has 0 radical (unpaired) electrons. The van der Waals surface area contributed by atoms with Crippen LogP contribution in [0.25, 0.3) is 5.69 Å². The highest BCUT2D eigenvalue weighted by Gasteiger charge is 2.09. The minimum absolute atomic E-state index is 0.563. The molecule has 3 aromatic rings. The number of imidazole rings is 1. The molecule has 0 aliphatic heterocycles. The van der Waals surface area contributed by atoms with Gasteiger partial charge in [0.2, 0.25) is 0 Å². The Hall–Kier alpha value is -2.59. The fourth-order valence-electron chi connectivity index (χ4n) is 2.14. The Balaban J connectivity index is 1.83. The van der Waals surface area contributed by atoms with Gasteiger partial charge in [-0.05, 0) is 37.3 Å². The molecule has 2 aromatic carbocycles. The van der Waals surface area contributed by atoms with Gasteiger partial charge in [-0.3, -0.25) is 0 Å². The van der Waals surface area contributed by atoms with Gasteiger partial charge in [-0.15, -0.1) is 0 Å². The summed E-state index contributed by atoms with van der Waals surface area (Å²) in [6.45, 7) is 1.73. The Labute approximate surface area is 123 Å². The SMILES string of the molecule is CC(O)c1ccccc1Oc1ccc(-n2ccnc2)cc1. The molecular weight excluding hydrogens is 264 g/mol. The number of para-hydroxylation sites is 1. The van der Waals surface area contributed by atoms with Crippen molar-refractivity contribution in [2.45, 2.75) is 13.0 Å². The second kappa shape index (κ2) is 5.81. The summed E-state index contributed by atoms with van der Waals surface area (Å²) in [5.74, 6) is 1.40. The van der Waals surface area contributed by atoms with Crippen LogP contribution in [0.3, 0.4) is 0 Å². The summed E-state index contributed by atoms with van der Waals surface area (Å²) in [5.41, 5.74) is 1.79. The molecule has 0 aliphatic rings. The van der Waals surface area contributed by atoms with Crippen LogP contribution in [-0.4, -0.2) is 14.7 Å². The fraction of sp³-hybridized carbons (Fsp3) is 0.118. The van der Waals surface area contributed by atoms with Crippen molar-refractivity contribution in [3.8, 4) is 17.2 Å². The molecule has 4 nitrogen and oxygen atoms in total. The van der Waals surface area contributed by atoms with Gasteiger partial charge in [-0.25, -0.2) is 4.98 Å². The van der Waals surface area contributed by atoms with Gasteiger partial charge in [0, 0.05) is 23.6 Å². The van der Waals surface area contributed by atoms with Crippen LogP contribution >= 0.6 is 0 Å². The lowest BCUT2D eigenvalue weighted by molar-refractivity contribution is 0.195. The highest BCUT2D eigenvalue weighted by Crippen LogP contribution is 2.29. The Morgan fingerprint density at radius 1 is 1.10 bits per heavy atom. The molecule has 1 N–H and O–H groups in total. The van der Waals surface area contributed by atoms with E-state index < -0.39 is 6.10 Å². The van der Waals surface area contributed by atoms with Gasteiger partial charge in [0.05, 0.1) is 12.4 Å². The first-order valence-corrected chi connectivity index (χ1v) is 6.77. The number of rotatable bonds is 4. The predicted octanol–water partition coefficient (Wildman–Crippen LogP) is 3.72. The van der Waals surface area contributed by atoms with Crippen LogP contribution in [0.2, 0.25) is 0 Å². The maximum absolute atomic E-state index is 9.76. The summed E-state index contributed by atoms with van der Waals surface area (Å²) in [4.78, 5) is 4.02. The molecule has 21 heavy (non-hydrogen) atoms. The number of aromatic nitrogens is 2. The Morgan fingerprint density at radius 2 is 1.86 bits per heavy atom. The summed E-state index contributed by atoms with van der Waals surface area (Å²) < 4.78 is 7.78. The molecular formula is C17H16N2O2. The van der Waals surface area contributed by atoms with Crippen molar-refractivity contribution in [3.05, 3.63) is 72.8 Å². The van der Waals surface area contributed by atoms with Gasteiger partial charge in [0.25, 0.3) is 0 Å². The van der Waals surface area contributed by atoms with Gasteiger partial charge in [0.15, 0.2) is 0 Å². The van der Waals surface area contributed by atoms with E-state index in [2.05, 4.69) is 4.98 Å². The first-order valence-electron chi connectivity index (χ1n) is 6.77. The lowest BCUT2D eigenvalue weighted by Crippen LogP contribution is -1.96. The normalized spacial score (nSPS) is 12.1. The maximum atomic E-state index is 9.76. The zero-order valence-corrected chi connectivity index (χ0v) is 11.7. The van der Waals surface area contributed by atoms with Crippen LogP contribution < -0.4 is 4.74 Å². The summed E-state index contributed by atoms with van der Waals surface area (Å²) in [6, 6.07) is 15.2. The van der Waals surface area contributed by atoms with Crippen LogP contribution in [0.15, 0.2) is 67.3 Å². The number of hydrogen-bond acceptors (Lipinski definition) is 3. The molecule has 1 aromatic heterocycles. The number of nitrogens with zero attached hydrogens (tertiary/aromatic N) is 2. The summed E-state index contributed by atoms with van der Waals surface area (Å²) in [7, 11) is 0. The molecule has 0 saturated heterocycles. The smallest absolute Gasteiger partial charge is 0.133 e. The number of aliphatic hydroxyl groups is 1. The lowest BCUT2D eigenvalue weighted by Gasteiger charge is -2.13. The first-order chi connectivity index (χ1) is 10.2. The third kappa shape index (κ3) is 2.95. The first kappa shape index (κ1) is 13.4. The lowest BCUT2D eigenvalue weighted by atomic mass is 10.1. The van der Waals surface area contributed by atoms with Crippen molar-refractivity contribution in [3.63, 3.8) is 0 Å². The van der Waals surface area contributed by atoms with Gasteiger partial charge >= 0.3 is 0 Å². The number of ether oxygens (including phenoxy) is 1. The van der Waals surface area contributed by atoms with Crippen molar-refractivity contribution < 1.29 is 9.84 Å².